The summed E-state index contributed by atoms with van der Waals surface area (Å²) in [5.74, 6) is 0.758. The van der Waals surface area contributed by atoms with Gasteiger partial charge in [-0.3, -0.25) is 0 Å². The molecule has 1 N–H and O–H groups in total. The van der Waals surface area contributed by atoms with Gasteiger partial charge in [0.15, 0.2) is 6.40 Å². The molecular formula is C5H8N2O. The predicted octanol–water partition coefficient (Wildman–Crippen LogP) is 0.286. The number of aliphatic imine (C=N–C) groups is 1. The van der Waals surface area contributed by atoms with E-state index in [1.165, 1.54) is 19.2 Å². The van der Waals surface area contributed by atoms with Gasteiger partial charge in [-0.1, -0.05) is 0 Å². The van der Waals surface area contributed by atoms with Gasteiger partial charge in [-0.25, -0.2) is 4.99 Å². The highest BCUT2D eigenvalue weighted by molar-refractivity contribution is 5.48. The molecule has 1 aliphatic heterocycles. The summed E-state index contributed by atoms with van der Waals surface area (Å²) < 4.78 is 0. The second-order valence-electron chi connectivity index (χ2n) is 2.27. The predicted molar refractivity (Wildman–Crippen MR) is 29.2 cm³/mol. The molecule has 0 bridgehead atoms. The number of hydrogen-bond donors (Lipinski definition) is 1. The van der Waals surface area contributed by atoms with E-state index in [1.807, 2.05) is 0 Å². The second kappa shape index (κ2) is 1.45. The molecule has 1 saturated carbocycles. The van der Waals surface area contributed by atoms with E-state index in [0.717, 1.165) is 5.92 Å². The van der Waals surface area contributed by atoms with Crippen LogP contribution in [0.3, 0.4) is 0 Å². The summed E-state index contributed by atoms with van der Waals surface area (Å²) >= 11 is 0. The van der Waals surface area contributed by atoms with Crippen molar-refractivity contribution in [1.29, 1.82) is 0 Å². The Morgan fingerprint density at radius 2 is 2.50 bits per heavy atom. The molecule has 0 amide bonds. The Bertz CT molecular complexity index is 120. The largest absolute Gasteiger partial charge is 0.395 e. The first-order chi connectivity index (χ1) is 3.97. The van der Waals surface area contributed by atoms with Crippen LogP contribution in [0, 0.1) is 5.92 Å². The van der Waals surface area contributed by atoms with Gasteiger partial charge in [0.1, 0.15) is 6.17 Å². The van der Waals surface area contributed by atoms with E-state index in [0.29, 0.717) is 0 Å². The van der Waals surface area contributed by atoms with Gasteiger partial charge in [0.2, 0.25) is 0 Å². The minimum absolute atomic E-state index is 0.273. The zero-order valence-electron chi connectivity index (χ0n) is 4.50. The lowest BCUT2D eigenvalue weighted by Gasteiger charge is -2.00. The third-order valence-electron chi connectivity index (χ3n) is 1.53. The molecule has 0 aromatic heterocycles. The summed E-state index contributed by atoms with van der Waals surface area (Å²) in [5.41, 5.74) is 2.80. The van der Waals surface area contributed by atoms with E-state index in [4.69, 9.17) is 4.84 Å². The SMILES string of the molecule is C1=NC(C2CC2)NO1. The smallest absolute Gasteiger partial charge is 0.198 e. The molecule has 0 aromatic rings. The van der Waals surface area contributed by atoms with Crippen LogP contribution in [0.1, 0.15) is 12.8 Å². The van der Waals surface area contributed by atoms with Crippen LogP contribution in [0.2, 0.25) is 0 Å². The Kier molecular flexibility index (Phi) is 0.784. The van der Waals surface area contributed by atoms with Crippen molar-refractivity contribution >= 4 is 6.40 Å². The molecule has 44 valence electrons. The lowest BCUT2D eigenvalue weighted by atomic mass is 10.3. The second-order valence-corrected chi connectivity index (χ2v) is 2.27. The van der Waals surface area contributed by atoms with Crippen LogP contribution in [0.4, 0.5) is 0 Å². The van der Waals surface area contributed by atoms with Crippen molar-refractivity contribution in [2.75, 3.05) is 0 Å². The van der Waals surface area contributed by atoms with Crippen LogP contribution >= 0.6 is 0 Å². The van der Waals surface area contributed by atoms with Crippen LogP contribution in [0.5, 0.6) is 0 Å². The third kappa shape index (κ3) is 0.591. The molecule has 1 heterocycles. The standard InChI is InChI=1S/C5H8N2O/c1-2-4(1)5-6-3-8-7-5/h3-5,7H,1-2H2. The van der Waals surface area contributed by atoms with Gasteiger partial charge in [0, 0.05) is 0 Å². The lowest BCUT2D eigenvalue weighted by Crippen LogP contribution is -2.22. The van der Waals surface area contributed by atoms with Gasteiger partial charge < -0.3 is 4.84 Å². The van der Waals surface area contributed by atoms with Crippen molar-refractivity contribution in [2.45, 2.75) is 19.0 Å². The summed E-state index contributed by atoms with van der Waals surface area (Å²) in [6.07, 6.45) is 4.36. The van der Waals surface area contributed by atoms with Crippen LogP contribution in [-0.4, -0.2) is 12.6 Å². The molecule has 2 aliphatic rings. The average Bonchev–Trinajstić information content (AvgIpc) is 2.49. The van der Waals surface area contributed by atoms with Gasteiger partial charge in [0.05, 0.1) is 0 Å². The molecule has 0 spiro atoms. The van der Waals surface area contributed by atoms with Crippen LogP contribution in [-0.2, 0) is 4.84 Å². The number of nitrogens with zero attached hydrogens (tertiary/aromatic N) is 1. The number of nitrogens with one attached hydrogen (secondary N) is 1. The van der Waals surface area contributed by atoms with Crippen LogP contribution in [0.15, 0.2) is 4.99 Å². The van der Waals surface area contributed by atoms with Gasteiger partial charge in [-0.15, -0.1) is 5.48 Å². The Balaban J connectivity index is 1.95. The maximum absolute atomic E-state index is 4.72. The minimum atomic E-state index is 0.273. The highest BCUT2D eigenvalue weighted by Gasteiger charge is 2.32. The van der Waals surface area contributed by atoms with Gasteiger partial charge >= 0.3 is 0 Å². The number of rotatable bonds is 1. The Hall–Kier alpha value is -0.570. The molecule has 0 radical (unpaired) electrons. The topological polar surface area (TPSA) is 33.6 Å². The van der Waals surface area contributed by atoms with Gasteiger partial charge in [-0.05, 0) is 18.8 Å². The zero-order valence-corrected chi connectivity index (χ0v) is 4.50. The van der Waals surface area contributed by atoms with Gasteiger partial charge in [0.25, 0.3) is 0 Å². The molecule has 3 nitrogen and oxygen atoms in total. The fraction of sp³-hybridized carbons (Fsp3) is 0.800. The molecule has 0 aromatic carbocycles. The number of hydrogen-bond acceptors (Lipinski definition) is 3. The van der Waals surface area contributed by atoms with Crippen LogP contribution < -0.4 is 5.48 Å². The molecule has 1 unspecified atom stereocenters. The van der Waals surface area contributed by atoms with E-state index >= 15 is 0 Å². The first-order valence-electron chi connectivity index (χ1n) is 2.89. The van der Waals surface area contributed by atoms with Crippen molar-refractivity contribution in [1.82, 2.24) is 5.48 Å². The quantitative estimate of drug-likeness (QED) is 0.528. The average molecular weight is 112 g/mol. The zero-order chi connectivity index (χ0) is 5.40. The van der Waals surface area contributed by atoms with Crippen LogP contribution in [0.25, 0.3) is 0 Å². The highest BCUT2D eigenvalue weighted by Crippen LogP contribution is 2.33. The van der Waals surface area contributed by atoms with E-state index < -0.39 is 0 Å². The maximum Gasteiger partial charge on any atom is 0.198 e. The fourth-order valence-corrected chi connectivity index (χ4v) is 0.856. The summed E-state index contributed by atoms with van der Waals surface area (Å²) in [5, 5.41) is 0. The minimum Gasteiger partial charge on any atom is -0.395 e. The van der Waals surface area contributed by atoms with E-state index in [1.54, 1.807) is 0 Å². The Morgan fingerprint density at radius 1 is 1.62 bits per heavy atom. The first-order valence-corrected chi connectivity index (χ1v) is 2.89. The molecule has 1 atom stereocenters. The molecule has 8 heavy (non-hydrogen) atoms. The summed E-state index contributed by atoms with van der Waals surface area (Å²) in [6.45, 7) is 0. The lowest BCUT2D eigenvalue weighted by molar-refractivity contribution is 0.177. The van der Waals surface area contributed by atoms with E-state index in [2.05, 4.69) is 10.5 Å². The maximum atomic E-state index is 4.72. The molecule has 1 aliphatic carbocycles. The summed E-state index contributed by atoms with van der Waals surface area (Å²) in [6, 6.07) is 0. The molecule has 3 heteroatoms. The molecule has 2 rings (SSSR count). The third-order valence-corrected chi connectivity index (χ3v) is 1.53. The molecular weight excluding hydrogens is 104 g/mol. The Labute approximate surface area is 47.7 Å². The molecule has 1 fully saturated rings. The van der Waals surface area contributed by atoms with Crippen molar-refractivity contribution in [3.8, 4) is 0 Å². The van der Waals surface area contributed by atoms with Gasteiger partial charge in [-0.2, -0.15) is 0 Å². The number of hydroxylamine groups is 1. The monoisotopic (exact) mass is 112 g/mol. The highest BCUT2D eigenvalue weighted by atomic mass is 16.7. The summed E-state index contributed by atoms with van der Waals surface area (Å²) in [7, 11) is 0. The van der Waals surface area contributed by atoms with Crippen molar-refractivity contribution in [3.63, 3.8) is 0 Å². The van der Waals surface area contributed by atoms with Crippen molar-refractivity contribution < 1.29 is 4.84 Å². The van der Waals surface area contributed by atoms with Crippen molar-refractivity contribution in [2.24, 2.45) is 10.9 Å². The Morgan fingerprint density at radius 3 is 3.00 bits per heavy atom. The fourth-order valence-electron chi connectivity index (χ4n) is 0.856. The molecule has 0 saturated heterocycles. The van der Waals surface area contributed by atoms with E-state index in [-0.39, 0.29) is 6.17 Å². The van der Waals surface area contributed by atoms with E-state index in [9.17, 15) is 0 Å². The summed E-state index contributed by atoms with van der Waals surface area (Å²) in [4.78, 5) is 8.76. The normalized spacial score (nSPS) is 35.2. The van der Waals surface area contributed by atoms with Crippen molar-refractivity contribution in [3.05, 3.63) is 0 Å². The first kappa shape index (κ1) is 4.32.